The van der Waals surface area contributed by atoms with Gasteiger partial charge in [-0.05, 0) is 30.0 Å². The molecule has 2 heterocycles. The first kappa shape index (κ1) is 21.9. The first-order valence-electron chi connectivity index (χ1n) is 9.22. The van der Waals surface area contributed by atoms with Crippen molar-refractivity contribution < 1.29 is 32.6 Å². The number of carbonyl (C=O) groups excluding carboxylic acids is 3. The summed E-state index contributed by atoms with van der Waals surface area (Å²) in [5, 5.41) is 4.29. The van der Waals surface area contributed by atoms with E-state index in [1.807, 2.05) is 5.32 Å². The third-order valence-electron chi connectivity index (χ3n) is 4.48. The zero-order valence-corrected chi connectivity index (χ0v) is 16.4. The van der Waals surface area contributed by atoms with Crippen LogP contribution < -0.4 is 15.4 Å². The third-order valence-corrected chi connectivity index (χ3v) is 4.48. The van der Waals surface area contributed by atoms with Gasteiger partial charge in [-0.15, -0.1) is 0 Å². The summed E-state index contributed by atoms with van der Waals surface area (Å²) in [7, 11) is 1.52. The average Bonchev–Trinajstić information content (AvgIpc) is 2.80. The molecule has 3 rings (SSSR count). The van der Waals surface area contributed by atoms with Crippen LogP contribution >= 0.6 is 0 Å². The zero-order chi connectivity index (χ0) is 22.4. The Morgan fingerprint density at radius 3 is 2.68 bits per heavy atom. The standard InChI is InChI=1S/C21H19F2N3O5/c1-30-14-4-2-13(3-5-14)16-12-24-8-6-15(16)18(27)17-19(28)31-11-10-26-20(29)21(22,23)7-9-25-17/h2-9,12,17,25H,10-11H2,1H3,(H,26,29)/b9-7-. The molecule has 1 aliphatic rings. The van der Waals surface area contributed by atoms with Gasteiger partial charge in [-0.25, -0.2) is 4.79 Å². The van der Waals surface area contributed by atoms with Gasteiger partial charge in [-0.1, -0.05) is 12.1 Å². The Balaban J connectivity index is 1.94. The molecule has 8 nitrogen and oxygen atoms in total. The molecule has 0 fully saturated rings. The molecular formula is C21H19F2N3O5. The van der Waals surface area contributed by atoms with Crippen molar-refractivity contribution in [3.8, 4) is 16.9 Å². The molecular weight excluding hydrogens is 412 g/mol. The molecule has 31 heavy (non-hydrogen) atoms. The molecule has 0 saturated carbocycles. The normalized spacial score (nSPS) is 19.8. The molecule has 0 spiro atoms. The maximum atomic E-state index is 13.8. The van der Waals surface area contributed by atoms with Crippen LogP contribution in [0.25, 0.3) is 11.1 Å². The molecule has 1 aromatic carbocycles. The highest BCUT2D eigenvalue weighted by atomic mass is 19.3. The van der Waals surface area contributed by atoms with Crippen molar-refractivity contribution in [1.82, 2.24) is 15.6 Å². The molecule has 1 aliphatic heterocycles. The highest BCUT2D eigenvalue weighted by Gasteiger charge is 2.37. The molecule has 10 heteroatoms. The zero-order valence-electron chi connectivity index (χ0n) is 16.4. The van der Waals surface area contributed by atoms with Gasteiger partial charge >= 0.3 is 11.9 Å². The van der Waals surface area contributed by atoms with Crippen molar-refractivity contribution in [1.29, 1.82) is 0 Å². The monoisotopic (exact) mass is 431 g/mol. The Morgan fingerprint density at radius 1 is 1.23 bits per heavy atom. The summed E-state index contributed by atoms with van der Waals surface area (Å²) in [6.45, 7) is -0.685. The number of ether oxygens (including phenoxy) is 2. The topological polar surface area (TPSA) is 107 Å². The molecule has 1 amide bonds. The highest BCUT2D eigenvalue weighted by Crippen LogP contribution is 2.26. The smallest absolute Gasteiger partial charge is 0.344 e. The number of Topliss-reactive ketones (excluding diaryl/α,β-unsaturated/α-hetero) is 1. The lowest BCUT2D eigenvalue weighted by atomic mass is 9.96. The molecule has 0 radical (unpaired) electrons. The van der Waals surface area contributed by atoms with Crippen LogP contribution in [0.1, 0.15) is 10.4 Å². The minimum Gasteiger partial charge on any atom is -0.497 e. The Hall–Kier alpha value is -3.82. The van der Waals surface area contributed by atoms with Gasteiger partial charge in [0, 0.05) is 29.6 Å². The van der Waals surface area contributed by atoms with Crippen LogP contribution in [0.5, 0.6) is 5.75 Å². The number of cyclic esters (lactones) is 1. The number of hydrogen-bond acceptors (Lipinski definition) is 7. The summed E-state index contributed by atoms with van der Waals surface area (Å²) in [6, 6.07) is 6.65. The maximum absolute atomic E-state index is 13.8. The van der Waals surface area contributed by atoms with Crippen LogP contribution in [0.15, 0.2) is 55.0 Å². The summed E-state index contributed by atoms with van der Waals surface area (Å²) in [5.41, 5.74) is 1.21. The number of halogens is 2. The second-order valence-corrected chi connectivity index (χ2v) is 6.49. The van der Waals surface area contributed by atoms with E-state index in [-0.39, 0.29) is 24.8 Å². The van der Waals surface area contributed by atoms with Crippen molar-refractivity contribution in [2.45, 2.75) is 12.0 Å². The molecule has 0 bridgehead atoms. The Kier molecular flexibility index (Phi) is 6.58. The molecule has 162 valence electrons. The van der Waals surface area contributed by atoms with Crippen LogP contribution in [0.2, 0.25) is 0 Å². The van der Waals surface area contributed by atoms with Crippen molar-refractivity contribution in [3.05, 3.63) is 60.6 Å². The minimum absolute atomic E-state index is 0.138. The van der Waals surface area contributed by atoms with Gasteiger partial charge in [-0.3, -0.25) is 14.6 Å². The number of nitrogens with zero attached hydrogens (tertiary/aromatic N) is 1. The minimum atomic E-state index is -3.82. The Bertz CT molecular complexity index is 1010. The van der Waals surface area contributed by atoms with Gasteiger partial charge in [-0.2, -0.15) is 8.78 Å². The lowest BCUT2D eigenvalue weighted by molar-refractivity contribution is -0.145. The van der Waals surface area contributed by atoms with Crippen LogP contribution in [0.3, 0.4) is 0 Å². The number of carbonyl (C=O) groups is 3. The predicted molar refractivity (Wildman–Crippen MR) is 106 cm³/mol. The third kappa shape index (κ3) is 5.03. The molecule has 2 N–H and O–H groups in total. The van der Waals surface area contributed by atoms with Crippen LogP contribution in [-0.4, -0.2) is 54.9 Å². The van der Waals surface area contributed by atoms with Crippen molar-refractivity contribution in [2.24, 2.45) is 0 Å². The Morgan fingerprint density at radius 2 is 1.97 bits per heavy atom. The first-order chi connectivity index (χ1) is 14.8. The molecule has 0 saturated heterocycles. The fourth-order valence-electron chi connectivity index (χ4n) is 2.86. The van der Waals surface area contributed by atoms with Crippen molar-refractivity contribution >= 4 is 17.7 Å². The number of methoxy groups -OCH3 is 1. The quantitative estimate of drug-likeness (QED) is 0.431. The predicted octanol–water partition coefficient (Wildman–Crippen LogP) is 1.72. The summed E-state index contributed by atoms with van der Waals surface area (Å²) >= 11 is 0. The first-order valence-corrected chi connectivity index (χ1v) is 9.22. The van der Waals surface area contributed by atoms with Crippen molar-refractivity contribution in [2.75, 3.05) is 20.3 Å². The SMILES string of the molecule is COc1ccc(-c2cnccc2C(=O)C2N/C=C\C(F)(F)C(=O)NCCOC2=O)cc1. The molecule has 1 unspecified atom stereocenters. The average molecular weight is 431 g/mol. The van der Waals surface area contributed by atoms with Crippen molar-refractivity contribution in [3.63, 3.8) is 0 Å². The number of alkyl halides is 2. The molecule has 1 atom stereocenters. The summed E-state index contributed by atoms with van der Waals surface area (Å²) in [5.74, 6) is -6.42. The van der Waals surface area contributed by atoms with E-state index in [0.717, 1.165) is 0 Å². The van der Waals surface area contributed by atoms with E-state index in [2.05, 4.69) is 10.3 Å². The second-order valence-electron chi connectivity index (χ2n) is 6.49. The van der Waals surface area contributed by atoms with E-state index >= 15 is 0 Å². The summed E-state index contributed by atoms with van der Waals surface area (Å²) in [4.78, 5) is 41.1. The van der Waals surface area contributed by atoms with Gasteiger partial charge in [0.15, 0.2) is 11.8 Å². The van der Waals surface area contributed by atoms with Crippen LogP contribution in [-0.2, 0) is 14.3 Å². The van der Waals surface area contributed by atoms with Gasteiger partial charge in [0.05, 0.1) is 13.7 Å². The number of esters is 1. The number of benzene rings is 1. The molecule has 0 aliphatic carbocycles. The number of rotatable bonds is 4. The van der Waals surface area contributed by atoms with Crippen LogP contribution in [0.4, 0.5) is 8.78 Å². The fourth-order valence-corrected chi connectivity index (χ4v) is 2.86. The fraction of sp³-hybridized carbons (Fsp3) is 0.238. The summed E-state index contributed by atoms with van der Waals surface area (Å²) < 4.78 is 37.7. The number of hydrogen-bond donors (Lipinski definition) is 2. The van der Waals surface area contributed by atoms with E-state index in [9.17, 15) is 23.2 Å². The van der Waals surface area contributed by atoms with Gasteiger partial charge in [0.25, 0.3) is 5.91 Å². The van der Waals surface area contributed by atoms with E-state index < -0.39 is 29.6 Å². The number of pyridine rings is 1. The highest BCUT2D eigenvalue weighted by molar-refractivity contribution is 6.15. The Labute approximate surface area is 176 Å². The number of amides is 1. The molecule has 1 aromatic heterocycles. The van der Waals surface area contributed by atoms with Gasteiger partial charge in [0.1, 0.15) is 12.4 Å². The number of ketones is 1. The van der Waals surface area contributed by atoms with Gasteiger partial charge in [0.2, 0.25) is 0 Å². The number of nitrogens with one attached hydrogen (secondary N) is 2. The summed E-state index contributed by atoms with van der Waals surface area (Å²) in [6.07, 6.45) is 3.81. The van der Waals surface area contributed by atoms with Crippen LogP contribution in [0, 0.1) is 0 Å². The number of aromatic nitrogens is 1. The second kappa shape index (κ2) is 9.33. The van der Waals surface area contributed by atoms with Gasteiger partial charge < -0.3 is 20.1 Å². The van der Waals surface area contributed by atoms with E-state index in [0.29, 0.717) is 23.1 Å². The lowest BCUT2D eigenvalue weighted by Gasteiger charge is -2.17. The molecule has 2 aromatic rings. The van der Waals surface area contributed by atoms with E-state index in [1.54, 1.807) is 24.3 Å². The largest absolute Gasteiger partial charge is 0.497 e. The van der Waals surface area contributed by atoms with E-state index in [4.69, 9.17) is 9.47 Å². The van der Waals surface area contributed by atoms with E-state index in [1.165, 1.54) is 25.6 Å². The maximum Gasteiger partial charge on any atom is 0.344 e. The lowest BCUT2D eigenvalue weighted by Crippen LogP contribution is -2.42.